The maximum atomic E-state index is 14.8. The predicted molar refractivity (Wildman–Crippen MR) is 107 cm³/mol. The highest BCUT2D eigenvalue weighted by Crippen LogP contribution is 2.32. The third kappa shape index (κ3) is 5.57. The smallest absolute Gasteiger partial charge is 0.251 e. The molecule has 8 heteroatoms. The average molecular weight is 408 g/mol. The lowest BCUT2D eigenvalue weighted by atomic mass is 10.0. The van der Waals surface area contributed by atoms with Gasteiger partial charge in [0.1, 0.15) is 0 Å². The van der Waals surface area contributed by atoms with Crippen LogP contribution in [0, 0.1) is 0 Å². The van der Waals surface area contributed by atoms with E-state index in [1.807, 2.05) is 19.9 Å². The van der Waals surface area contributed by atoms with Gasteiger partial charge in [-0.05, 0) is 30.0 Å². The minimum atomic E-state index is -3.93. The van der Waals surface area contributed by atoms with Crippen LogP contribution in [0.1, 0.15) is 45.6 Å². The fourth-order valence-corrected chi connectivity index (χ4v) is 5.65. The number of nitrogens with zero attached hydrogens (tertiary/aromatic N) is 3. The van der Waals surface area contributed by atoms with Crippen molar-refractivity contribution in [2.24, 2.45) is 4.36 Å². The van der Waals surface area contributed by atoms with E-state index in [9.17, 15) is 8.09 Å². The van der Waals surface area contributed by atoms with Gasteiger partial charge in [-0.1, -0.05) is 57.3 Å². The number of hydrogen-bond donors (Lipinski definition) is 0. The van der Waals surface area contributed by atoms with Gasteiger partial charge in [0.2, 0.25) is 0 Å². The number of benzene rings is 1. The lowest BCUT2D eigenvalue weighted by Gasteiger charge is -2.21. The summed E-state index contributed by atoms with van der Waals surface area (Å²) < 4.78 is 34.7. The summed E-state index contributed by atoms with van der Waals surface area (Å²) in [5, 5.41) is 0.779. The molecule has 25 heavy (non-hydrogen) atoms. The number of halogens is 2. The van der Waals surface area contributed by atoms with Crippen molar-refractivity contribution in [1.82, 2.24) is 8.61 Å². The minimum Gasteiger partial charge on any atom is -0.251 e. The second-order valence-corrected chi connectivity index (χ2v) is 9.77. The van der Waals surface area contributed by atoms with E-state index in [4.69, 9.17) is 11.6 Å². The lowest BCUT2D eigenvalue weighted by molar-refractivity contribution is 0.490. The van der Waals surface area contributed by atoms with Crippen molar-refractivity contribution in [2.45, 2.75) is 45.3 Å². The van der Waals surface area contributed by atoms with E-state index in [1.54, 1.807) is 24.1 Å². The predicted octanol–water partition coefficient (Wildman–Crippen LogP) is 5.43. The van der Waals surface area contributed by atoms with Crippen LogP contribution in [0.4, 0.5) is 9.57 Å². The van der Waals surface area contributed by atoms with Gasteiger partial charge in [0.25, 0.3) is 10.3 Å². The van der Waals surface area contributed by atoms with E-state index in [0.717, 1.165) is 25.1 Å². The SMILES string of the molecule is CCN(CC)SC1CCN(S(=O)(F)=Nc2ccc(C(C)C)c(Cl)c2)C1. The van der Waals surface area contributed by atoms with Gasteiger partial charge in [0.15, 0.2) is 0 Å². The van der Waals surface area contributed by atoms with E-state index in [0.29, 0.717) is 23.8 Å². The third-order valence-corrected chi connectivity index (χ3v) is 7.48. The van der Waals surface area contributed by atoms with Crippen LogP contribution in [-0.2, 0) is 10.3 Å². The molecule has 142 valence electrons. The van der Waals surface area contributed by atoms with Crippen molar-refractivity contribution >= 4 is 39.5 Å². The molecular formula is C17H27ClFN3OS2. The Kier molecular flexibility index (Phi) is 7.58. The molecule has 0 bridgehead atoms. The largest absolute Gasteiger partial charge is 0.275 e. The molecule has 1 aromatic rings. The van der Waals surface area contributed by atoms with Crippen LogP contribution in [0.15, 0.2) is 22.6 Å². The van der Waals surface area contributed by atoms with Gasteiger partial charge >= 0.3 is 0 Å². The van der Waals surface area contributed by atoms with E-state index in [2.05, 4.69) is 22.5 Å². The summed E-state index contributed by atoms with van der Waals surface area (Å²) in [4.78, 5) is 0. The summed E-state index contributed by atoms with van der Waals surface area (Å²) >= 11 is 7.95. The molecule has 1 heterocycles. The average Bonchev–Trinajstić information content (AvgIpc) is 3.01. The van der Waals surface area contributed by atoms with Crippen LogP contribution in [0.3, 0.4) is 0 Å². The summed E-state index contributed by atoms with van der Waals surface area (Å²) in [7, 11) is -3.93. The van der Waals surface area contributed by atoms with Crippen molar-refractivity contribution < 1.29 is 8.09 Å². The fourth-order valence-electron chi connectivity index (χ4n) is 2.80. The van der Waals surface area contributed by atoms with Gasteiger partial charge in [-0.25, -0.2) is 0 Å². The first-order valence-electron chi connectivity index (χ1n) is 8.69. The molecule has 2 rings (SSSR count). The Hall–Kier alpha value is -0.340. The highest BCUT2D eigenvalue weighted by Gasteiger charge is 2.31. The summed E-state index contributed by atoms with van der Waals surface area (Å²) in [5.74, 6) is 0.271. The molecule has 0 N–H and O–H groups in total. The Balaban J connectivity index is 2.12. The van der Waals surface area contributed by atoms with Crippen LogP contribution in [0.25, 0.3) is 0 Å². The van der Waals surface area contributed by atoms with E-state index >= 15 is 0 Å². The zero-order valence-corrected chi connectivity index (χ0v) is 17.6. The Labute approximate surface area is 160 Å². The molecule has 0 radical (unpaired) electrons. The van der Waals surface area contributed by atoms with Crippen molar-refractivity contribution in [1.29, 1.82) is 0 Å². The molecule has 2 atom stereocenters. The summed E-state index contributed by atoms with van der Waals surface area (Å²) in [6, 6.07) is 5.09. The van der Waals surface area contributed by atoms with Gasteiger partial charge in [-0.15, -0.1) is 3.89 Å². The Bertz CT molecular complexity index is 703. The molecule has 0 saturated carbocycles. The molecular weight excluding hydrogens is 381 g/mol. The number of hydrogen-bond acceptors (Lipinski definition) is 4. The second kappa shape index (κ2) is 9.04. The van der Waals surface area contributed by atoms with Crippen LogP contribution >= 0.6 is 23.5 Å². The van der Waals surface area contributed by atoms with Gasteiger partial charge in [0, 0.05) is 36.5 Å². The summed E-state index contributed by atoms with van der Waals surface area (Å²) in [6.45, 7) is 11.0. The van der Waals surface area contributed by atoms with Crippen molar-refractivity contribution in [2.75, 3.05) is 26.2 Å². The highest BCUT2D eigenvalue weighted by molar-refractivity contribution is 7.97. The minimum absolute atomic E-state index is 0.249. The fraction of sp³-hybridized carbons (Fsp3) is 0.647. The topological polar surface area (TPSA) is 35.9 Å². The highest BCUT2D eigenvalue weighted by atomic mass is 35.5. The lowest BCUT2D eigenvalue weighted by Crippen LogP contribution is -2.27. The quantitative estimate of drug-likeness (QED) is 0.446. The molecule has 2 unspecified atom stereocenters. The zero-order valence-electron chi connectivity index (χ0n) is 15.2. The first-order valence-corrected chi connectivity index (χ1v) is 11.3. The molecule has 0 aromatic heterocycles. The maximum Gasteiger partial charge on any atom is 0.275 e. The first kappa shape index (κ1) is 21.0. The Morgan fingerprint density at radius 3 is 2.68 bits per heavy atom. The van der Waals surface area contributed by atoms with Crippen molar-refractivity contribution in [3.05, 3.63) is 28.8 Å². The van der Waals surface area contributed by atoms with Crippen molar-refractivity contribution in [3.8, 4) is 0 Å². The van der Waals surface area contributed by atoms with E-state index < -0.39 is 10.3 Å². The number of rotatable bonds is 7. The first-order chi connectivity index (χ1) is 11.8. The van der Waals surface area contributed by atoms with Crippen LogP contribution in [0.2, 0.25) is 5.02 Å². The van der Waals surface area contributed by atoms with Gasteiger partial charge in [0.05, 0.1) is 5.69 Å². The molecule has 1 aromatic carbocycles. The summed E-state index contributed by atoms with van der Waals surface area (Å²) in [5.41, 5.74) is 1.30. The van der Waals surface area contributed by atoms with Crippen LogP contribution in [-0.4, -0.2) is 44.2 Å². The molecule has 1 saturated heterocycles. The van der Waals surface area contributed by atoms with E-state index in [-0.39, 0.29) is 11.2 Å². The standard InChI is InChI=1S/C17H27ClFN3OS2/c1-5-21(6-2)24-15-9-10-22(12-15)25(19,23)20-14-7-8-16(13(3)4)17(18)11-14/h7-8,11,13,15H,5-6,9-10,12H2,1-4H3. The van der Waals surface area contributed by atoms with Crippen LogP contribution < -0.4 is 0 Å². The molecule has 0 spiro atoms. The molecule has 1 aliphatic heterocycles. The van der Waals surface area contributed by atoms with Gasteiger partial charge < -0.3 is 0 Å². The van der Waals surface area contributed by atoms with E-state index in [1.165, 1.54) is 4.31 Å². The summed E-state index contributed by atoms with van der Waals surface area (Å²) in [6.07, 6.45) is 0.810. The molecule has 0 amide bonds. The Morgan fingerprint density at radius 2 is 2.12 bits per heavy atom. The maximum absolute atomic E-state index is 14.8. The molecule has 1 fully saturated rings. The Morgan fingerprint density at radius 1 is 1.44 bits per heavy atom. The second-order valence-electron chi connectivity index (χ2n) is 6.40. The van der Waals surface area contributed by atoms with Gasteiger partial charge in [-0.3, -0.25) is 4.31 Å². The molecule has 4 nitrogen and oxygen atoms in total. The monoisotopic (exact) mass is 407 g/mol. The van der Waals surface area contributed by atoms with Gasteiger partial charge in [-0.2, -0.15) is 12.9 Å². The third-order valence-electron chi connectivity index (χ3n) is 4.25. The molecule has 1 aliphatic rings. The van der Waals surface area contributed by atoms with Crippen LogP contribution in [0.5, 0.6) is 0 Å². The van der Waals surface area contributed by atoms with Crippen molar-refractivity contribution in [3.63, 3.8) is 0 Å². The molecule has 0 aliphatic carbocycles. The zero-order chi connectivity index (χ0) is 18.6. The normalized spacial score (nSPS) is 21.0.